The number of nitrogens with one attached hydrogen (secondary N) is 1. The topological polar surface area (TPSA) is 46.9 Å². The fourth-order valence-corrected chi connectivity index (χ4v) is 4.16. The number of aromatic nitrogens is 2. The van der Waals surface area contributed by atoms with E-state index in [1.165, 1.54) is 11.3 Å². The van der Waals surface area contributed by atoms with Gasteiger partial charge in [0.25, 0.3) is 5.91 Å². The van der Waals surface area contributed by atoms with Gasteiger partial charge in [-0.2, -0.15) is 0 Å². The molecule has 1 aromatic carbocycles. The summed E-state index contributed by atoms with van der Waals surface area (Å²) in [6.07, 6.45) is 3.87. The molecule has 0 radical (unpaired) electrons. The van der Waals surface area contributed by atoms with Gasteiger partial charge in [0.2, 0.25) is 0 Å². The molecule has 4 aromatic rings. The van der Waals surface area contributed by atoms with E-state index < -0.39 is 0 Å². The zero-order chi connectivity index (χ0) is 17.1. The Hall–Kier alpha value is -2.70. The van der Waals surface area contributed by atoms with Crippen LogP contribution in [0.2, 0.25) is 0 Å². The summed E-state index contributed by atoms with van der Waals surface area (Å²) in [5.74, 6) is -0.0760. The number of hydrogen-bond acceptors (Lipinski definition) is 4. The Morgan fingerprint density at radius 2 is 1.84 bits per heavy atom. The van der Waals surface area contributed by atoms with Gasteiger partial charge in [-0.1, -0.05) is 30.3 Å². The molecule has 0 fully saturated rings. The van der Waals surface area contributed by atoms with Gasteiger partial charge in [0.1, 0.15) is 9.88 Å². The molecule has 0 aliphatic carbocycles. The number of amides is 1. The van der Waals surface area contributed by atoms with Gasteiger partial charge in [-0.15, -0.1) is 22.7 Å². The molecule has 0 spiro atoms. The van der Waals surface area contributed by atoms with Crippen LogP contribution >= 0.6 is 22.7 Å². The normalized spacial score (nSPS) is 10.7. The number of benzene rings is 1. The maximum Gasteiger partial charge on any atom is 0.263 e. The summed E-state index contributed by atoms with van der Waals surface area (Å²) >= 11 is 3.03. The Bertz CT molecular complexity index is 971. The largest absolute Gasteiger partial charge is 0.346 e. The first-order chi connectivity index (χ1) is 12.3. The lowest BCUT2D eigenvalue weighted by molar-refractivity contribution is 0.0954. The van der Waals surface area contributed by atoms with Crippen LogP contribution < -0.4 is 5.32 Å². The van der Waals surface area contributed by atoms with Gasteiger partial charge in [-0.25, -0.2) is 4.98 Å². The van der Waals surface area contributed by atoms with Gasteiger partial charge in [-0.3, -0.25) is 4.79 Å². The van der Waals surface area contributed by atoms with Crippen molar-refractivity contribution in [3.63, 3.8) is 0 Å². The first-order valence-corrected chi connectivity index (χ1v) is 9.56. The van der Waals surface area contributed by atoms with Crippen LogP contribution in [0.1, 0.15) is 15.4 Å². The predicted octanol–water partition coefficient (Wildman–Crippen LogP) is 4.59. The minimum Gasteiger partial charge on any atom is -0.346 e. The van der Waals surface area contributed by atoms with Crippen molar-refractivity contribution in [3.05, 3.63) is 82.3 Å². The molecule has 0 aliphatic heterocycles. The van der Waals surface area contributed by atoms with Crippen LogP contribution in [-0.4, -0.2) is 15.5 Å². The molecular formula is C19H15N3OS2. The molecule has 25 heavy (non-hydrogen) atoms. The molecule has 4 nitrogen and oxygen atoms in total. The third-order valence-corrected chi connectivity index (χ3v) is 5.58. The molecule has 0 saturated heterocycles. The third kappa shape index (κ3) is 3.40. The monoisotopic (exact) mass is 365 g/mol. The summed E-state index contributed by atoms with van der Waals surface area (Å²) in [6, 6.07) is 15.9. The summed E-state index contributed by atoms with van der Waals surface area (Å²) in [7, 11) is 0. The summed E-state index contributed by atoms with van der Waals surface area (Å²) in [4.78, 5) is 17.8. The highest BCUT2D eigenvalue weighted by atomic mass is 32.1. The lowest BCUT2D eigenvalue weighted by Crippen LogP contribution is -2.23. The SMILES string of the molecule is O=C(NCc1csc(-c2ccccc2)n1)c1sccc1-n1cccc1. The summed E-state index contributed by atoms with van der Waals surface area (Å²) < 4.78 is 1.95. The molecule has 0 saturated carbocycles. The Labute approximate surface area is 153 Å². The second kappa shape index (κ2) is 7.04. The van der Waals surface area contributed by atoms with Crippen molar-refractivity contribution < 1.29 is 4.79 Å². The number of hydrogen-bond donors (Lipinski definition) is 1. The molecule has 4 rings (SSSR count). The zero-order valence-corrected chi connectivity index (χ0v) is 14.9. The molecule has 0 atom stereocenters. The van der Waals surface area contributed by atoms with Crippen LogP contribution in [0.15, 0.2) is 71.7 Å². The van der Waals surface area contributed by atoms with E-state index in [0.717, 1.165) is 22.0 Å². The molecule has 3 heterocycles. The summed E-state index contributed by atoms with van der Waals surface area (Å²) in [5.41, 5.74) is 2.87. The van der Waals surface area contributed by atoms with Crippen molar-refractivity contribution in [2.45, 2.75) is 6.54 Å². The number of nitrogens with zero attached hydrogens (tertiary/aromatic N) is 2. The lowest BCUT2D eigenvalue weighted by atomic mass is 10.2. The van der Waals surface area contributed by atoms with Crippen LogP contribution in [-0.2, 0) is 6.54 Å². The molecule has 1 amide bonds. The number of carbonyl (C=O) groups excluding carboxylic acids is 1. The molecule has 124 valence electrons. The first kappa shape index (κ1) is 15.8. The van der Waals surface area contributed by atoms with Crippen LogP contribution in [0.25, 0.3) is 16.3 Å². The Balaban J connectivity index is 1.45. The van der Waals surface area contributed by atoms with Gasteiger partial charge in [0, 0.05) is 23.3 Å². The fourth-order valence-electron chi connectivity index (χ4n) is 2.52. The minimum atomic E-state index is -0.0760. The van der Waals surface area contributed by atoms with Crippen molar-refractivity contribution in [2.24, 2.45) is 0 Å². The predicted molar refractivity (Wildman–Crippen MR) is 102 cm³/mol. The standard InChI is InChI=1S/C19H15N3OS2/c23-18(17-16(8-11-24-17)22-9-4-5-10-22)20-12-15-13-25-19(21-15)14-6-2-1-3-7-14/h1-11,13H,12H2,(H,20,23). The second-order valence-corrected chi connectivity index (χ2v) is 7.19. The zero-order valence-electron chi connectivity index (χ0n) is 13.3. The maximum atomic E-state index is 12.5. The van der Waals surface area contributed by atoms with Crippen molar-refractivity contribution in [1.29, 1.82) is 0 Å². The summed E-state index contributed by atoms with van der Waals surface area (Å²) in [6.45, 7) is 0.422. The van der Waals surface area contributed by atoms with E-state index in [-0.39, 0.29) is 5.91 Å². The van der Waals surface area contributed by atoms with E-state index in [0.29, 0.717) is 11.4 Å². The Morgan fingerprint density at radius 1 is 1.04 bits per heavy atom. The van der Waals surface area contributed by atoms with Crippen LogP contribution in [0.4, 0.5) is 0 Å². The van der Waals surface area contributed by atoms with E-state index in [4.69, 9.17) is 0 Å². The van der Waals surface area contributed by atoms with E-state index in [1.54, 1.807) is 11.3 Å². The van der Waals surface area contributed by atoms with E-state index >= 15 is 0 Å². The number of thiophene rings is 1. The van der Waals surface area contributed by atoms with Crippen molar-refractivity contribution >= 4 is 28.6 Å². The molecule has 0 unspecified atom stereocenters. The molecule has 6 heteroatoms. The van der Waals surface area contributed by atoms with Crippen molar-refractivity contribution in [2.75, 3.05) is 0 Å². The average molecular weight is 365 g/mol. The van der Waals surface area contributed by atoms with Gasteiger partial charge in [0.15, 0.2) is 0 Å². The first-order valence-electron chi connectivity index (χ1n) is 7.80. The molecule has 3 aromatic heterocycles. The molecule has 0 bridgehead atoms. The quantitative estimate of drug-likeness (QED) is 0.562. The maximum absolute atomic E-state index is 12.5. The highest BCUT2D eigenvalue weighted by Gasteiger charge is 2.14. The van der Waals surface area contributed by atoms with Crippen molar-refractivity contribution in [3.8, 4) is 16.3 Å². The summed E-state index contributed by atoms with van der Waals surface area (Å²) in [5, 5.41) is 7.86. The van der Waals surface area contributed by atoms with Gasteiger partial charge >= 0.3 is 0 Å². The second-order valence-electron chi connectivity index (χ2n) is 5.42. The van der Waals surface area contributed by atoms with Crippen LogP contribution in [0.5, 0.6) is 0 Å². The lowest BCUT2D eigenvalue weighted by Gasteiger charge is -2.05. The third-order valence-electron chi connectivity index (χ3n) is 3.74. The Morgan fingerprint density at radius 3 is 2.64 bits per heavy atom. The highest BCUT2D eigenvalue weighted by molar-refractivity contribution is 7.13. The number of carbonyl (C=O) groups is 1. The number of thiazole rings is 1. The van der Waals surface area contributed by atoms with Gasteiger partial charge < -0.3 is 9.88 Å². The molecular weight excluding hydrogens is 350 g/mol. The average Bonchev–Trinajstić information content (AvgIpc) is 3.41. The fraction of sp³-hybridized carbons (Fsp3) is 0.0526. The molecule has 0 aliphatic rings. The van der Waals surface area contributed by atoms with Crippen LogP contribution in [0, 0.1) is 0 Å². The van der Waals surface area contributed by atoms with Gasteiger partial charge in [0.05, 0.1) is 17.9 Å². The molecule has 1 N–H and O–H groups in total. The Kier molecular flexibility index (Phi) is 4.45. The minimum absolute atomic E-state index is 0.0760. The van der Waals surface area contributed by atoms with E-state index in [9.17, 15) is 4.79 Å². The number of rotatable bonds is 5. The van der Waals surface area contributed by atoms with Gasteiger partial charge in [-0.05, 0) is 23.6 Å². The van der Waals surface area contributed by atoms with E-state index in [2.05, 4.69) is 10.3 Å². The van der Waals surface area contributed by atoms with E-state index in [1.807, 2.05) is 76.3 Å². The smallest absolute Gasteiger partial charge is 0.263 e. The highest BCUT2D eigenvalue weighted by Crippen LogP contribution is 2.24. The van der Waals surface area contributed by atoms with Crippen LogP contribution in [0.3, 0.4) is 0 Å². The van der Waals surface area contributed by atoms with Crippen molar-refractivity contribution in [1.82, 2.24) is 14.9 Å².